The topological polar surface area (TPSA) is 79.4 Å². The molecule has 1 aliphatic rings. The van der Waals surface area contributed by atoms with Gasteiger partial charge >= 0.3 is 0 Å². The number of rotatable bonds is 5. The molecule has 4 aromatic rings. The average molecular weight is 464 g/mol. The van der Waals surface area contributed by atoms with Crippen LogP contribution < -0.4 is 5.32 Å². The second kappa shape index (κ2) is 8.46. The summed E-state index contributed by atoms with van der Waals surface area (Å²) in [7, 11) is -3.58. The highest BCUT2D eigenvalue weighted by Crippen LogP contribution is 2.31. The molecule has 5 rings (SSSR count). The zero-order chi connectivity index (χ0) is 22.1. The second-order valence-electron chi connectivity index (χ2n) is 7.66. The van der Waals surface area contributed by atoms with Crippen LogP contribution in [0.3, 0.4) is 0 Å². The average Bonchev–Trinajstić information content (AvgIpc) is 3.52. The van der Waals surface area contributed by atoms with Crippen molar-refractivity contribution in [2.24, 2.45) is 0 Å². The van der Waals surface area contributed by atoms with E-state index in [9.17, 15) is 13.2 Å². The Morgan fingerprint density at radius 1 is 0.969 bits per heavy atom. The van der Waals surface area contributed by atoms with Gasteiger partial charge in [-0.2, -0.15) is 4.31 Å². The van der Waals surface area contributed by atoms with Gasteiger partial charge in [0.1, 0.15) is 0 Å². The highest BCUT2D eigenvalue weighted by molar-refractivity contribution is 7.89. The summed E-state index contributed by atoms with van der Waals surface area (Å²) in [6.45, 7) is 1.05. The van der Waals surface area contributed by atoms with Crippen molar-refractivity contribution in [1.82, 2.24) is 9.29 Å². The molecular weight excluding hydrogens is 442 g/mol. The molecule has 3 aromatic carbocycles. The minimum Gasteiger partial charge on any atom is -0.298 e. The first kappa shape index (κ1) is 20.8. The van der Waals surface area contributed by atoms with E-state index < -0.39 is 10.0 Å². The van der Waals surface area contributed by atoms with E-state index >= 15 is 0 Å². The summed E-state index contributed by atoms with van der Waals surface area (Å²) in [5, 5.41) is 7.40. The van der Waals surface area contributed by atoms with Crippen molar-refractivity contribution in [2.75, 3.05) is 18.4 Å². The van der Waals surface area contributed by atoms with Crippen LogP contribution in [0.5, 0.6) is 0 Å². The molecule has 162 valence electrons. The molecule has 1 aromatic heterocycles. The van der Waals surface area contributed by atoms with Crippen LogP contribution in [0.1, 0.15) is 23.2 Å². The third kappa shape index (κ3) is 3.92. The van der Waals surface area contributed by atoms with Crippen molar-refractivity contribution >= 4 is 43.2 Å². The molecule has 0 atom stereocenters. The Balaban J connectivity index is 1.38. The minimum atomic E-state index is -3.58. The number of amides is 1. The van der Waals surface area contributed by atoms with Crippen LogP contribution in [0.2, 0.25) is 0 Å². The van der Waals surface area contributed by atoms with Gasteiger partial charge in [0.25, 0.3) is 5.91 Å². The van der Waals surface area contributed by atoms with Crippen molar-refractivity contribution in [2.45, 2.75) is 17.7 Å². The van der Waals surface area contributed by atoms with Gasteiger partial charge in [0.2, 0.25) is 10.0 Å². The Morgan fingerprint density at radius 3 is 2.56 bits per heavy atom. The van der Waals surface area contributed by atoms with Crippen LogP contribution in [0, 0.1) is 0 Å². The lowest BCUT2D eigenvalue weighted by Gasteiger charge is -2.15. The number of nitrogens with zero attached hydrogens (tertiary/aromatic N) is 2. The summed E-state index contributed by atoms with van der Waals surface area (Å²) >= 11 is 1.34. The third-order valence-electron chi connectivity index (χ3n) is 5.59. The monoisotopic (exact) mass is 463 g/mol. The van der Waals surface area contributed by atoms with Crippen molar-refractivity contribution in [1.29, 1.82) is 0 Å². The number of thiazole rings is 1. The SMILES string of the molecule is O=C(Nc1nc(-c2cccc3ccccc23)cs1)c1cccc(S(=O)(=O)N2CCCC2)c1. The molecule has 2 heterocycles. The molecular formula is C24H21N3O3S2. The van der Waals surface area contributed by atoms with Gasteiger partial charge in [-0.1, -0.05) is 48.5 Å². The number of hydrogen-bond donors (Lipinski definition) is 1. The van der Waals surface area contributed by atoms with E-state index in [-0.39, 0.29) is 16.4 Å². The van der Waals surface area contributed by atoms with E-state index in [1.165, 1.54) is 27.8 Å². The van der Waals surface area contributed by atoms with Gasteiger partial charge in [-0.25, -0.2) is 13.4 Å². The highest BCUT2D eigenvalue weighted by Gasteiger charge is 2.27. The van der Waals surface area contributed by atoms with Gasteiger partial charge in [-0.3, -0.25) is 10.1 Å². The maximum atomic E-state index is 12.8. The molecule has 8 heteroatoms. The number of aromatic nitrogens is 1. The fourth-order valence-electron chi connectivity index (χ4n) is 3.95. The van der Waals surface area contributed by atoms with Gasteiger partial charge in [0.15, 0.2) is 5.13 Å². The number of nitrogens with one attached hydrogen (secondary N) is 1. The third-order valence-corrected chi connectivity index (χ3v) is 8.24. The zero-order valence-electron chi connectivity index (χ0n) is 17.2. The number of sulfonamides is 1. The van der Waals surface area contributed by atoms with Crippen LogP contribution >= 0.6 is 11.3 Å². The van der Waals surface area contributed by atoms with E-state index in [0.29, 0.717) is 18.2 Å². The van der Waals surface area contributed by atoms with Crippen molar-refractivity contribution < 1.29 is 13.2 Å². The lowest BCUT2D eigenvalue weighted by molar-refractivity contribution is 0.102. The smallest absolute Gasteiger partial charge is 0.257 e. The molecule has 1 aliphatic heterocycles. The summed E-state index contributed by atoms with van der Waals surface area (Å²) in [5.41, 5.74) is 2.07. The second-order valence-corrected chi connectivity index (χ2v) is 10.5. The summed E-state index contributed by atoms with van der Waals surface area (Å²) in [4.78, 5) is 17.6. The first-order valence-electron chi connectivity index (χ1n) is 10.4. The first-order chi connectivity index (χ1) is 15.5. The molecule has 32 heavy (non-hydrogen) atoms. The molecule has 1 N–H and O–H groups in total. The number of benzene rings is 3. The maximum absolute atomic E-state index is 12.8. The van der Waals surface area contributed by atoms with Crippen LogP contribution in [0.25, 0.3) is 22.0 Å². The normalized spacial score (nSPS) is 14.6. The van der Waals surface area contributed by atoms with E-state index in [1.807, 2.05) is 29.6 Å². The summed E-state index contributed by atoms with van der Waals surface area (Å²) < 4.78 is 27.1. The number of anilines is 1. The van der Waals surface area contributed by atoms with Crippen LogP contribution in [0.4, 0.5) is 5.13 Å². The molecule has 0 bridgehead atoms. The quantitative estimate of drug-likeness (QED) is 0.452. The Hall–Kier alpha value is -3.07. The molecule has 0 aliphatic carbocycles. The van der Waals surface area contributed by atoms with Crippen molar-refractivity contribution in [3.63, 3.8) is 0 Å². The molecule has 1 saturated heterocycles. The number of carbonyl (C=O) groups is 1. The predicted octanol–water partition coefficient (Wildman–Crippen LogP) is 5.00. The Kier molecular flexibility index (Phi) is 5.50. The standard InChI is InChI=1S/C24H21N3O3S2/c28-23(18-9-5-10-19(15-18)32(29,30)27-13-3-4-14-27)26-24-25-22(16-31-24)21-12-6-8-17-7-1-2-11-20(17)21/h1-2,5-12,15-16H,3-4,13-14H2,(H,25,26,28). The van der Waals surface area contributed by atoms with Gasteiger partial charge in [0, 0.05) is 29.6 Å². The van der Waals surface area contributed by atoms with Gasteiger partial charge in [0.05, 0.1) is 10.6 Å². The number of hydrogen-bond acceptors (Lipinski definition) is 5. The molecule has 0 spiro atoms. The Labute approximate surface area is 190 Å². The van der Waals surface area contributed by atoms with Crippen LogP contribution in [-0.2, 0) is 10.0 Å². The van der Waals surface area contributed by atoms with E-state index in [0.717, 1.165) is 34.9 Å². The summed E-state index contributed by atoms with van der Waals surface area (Å²) in [6.07, 6.45) is 1.73. The molecule has 6 nitrogen and oxygen atoms in total. The largest absolute Gasteiger partial charge is 0.298 e. The molecule has 0 radical (unpaired) electrons. The lowest BCUT2D eigenvalue weighted by Crippen LogP contribution is -2.28. The minimum absolute atomic E-state index is 0.141. The highest BCUT2D eigenvalue weighted by atomic mass is 32.2. The number of fused-ring (bicyclic) bond motifs is 1. The van der Waals surface area contributed by atoms with Crippen molar-refractivity contribution in [3.05, 3.63) is 77.7 Å². The van der Waals surface area contributed by atoms with Gasteiger partial charge in [-0.15, -0.1) is 11.3 Å². The Bertz CT molecular complexity index is 1400. The van der Waals surface area contributed by atoms with Crippen molar-refractivity contribution in [3.8, 4) is 11.3 Å². The fourth-order valence-corrected chi connectivity index (χ4v) is 6.22. The molecule has 1 amide bonds. The van der Waals surface area contributed by atoms with E-state index in [4.69, 9.17) is 0 Å². The van der Waals surface area contributed by atoms with Crippen LogP contribution in [0.15, 0.2) is 77.0 Å². The lowest BCUT2D eigenvalue weighted by atomic mass is 10.0. The fraction of sp³-hybridized carbons (Fsp3) is 0.167. The molecule has 0 saturated carbocycles. The molecule has 0 unspecified atom stereocenters. The van der Waals surface area contributed by atoms with E-state index in [1.54, 1.807) is 12.1 Å². The zero-order valence-corrected chi connectivity index (χ0v) is 18.8. The Morgan fingerprint density at radius 2 is 1.72 bits per heavy atom. The summed E-state index contributed by atoms with van der Waals surface area (Å²) in [6, 6.07) is 20.3. The maximum Gasteiger partial charge on any atom is 0.257 e. The van der Waals surface area contributed by atoms with Gasteiger partial charge < -0.3 is 0 Å². The van der Waals surface area contributed by atoms with Crippen LogP contribution in [-0.4, -0.2) is 36.7 Å². The predicted molar refractivity (Wildman–Crippen MR) is 127 cm³/mol. The van der Waals surface area contributed by atoms with E-state index in [2.05, 4.69) is 28.5 Å². The summed E-state index contributed by atoms with van der Waals surface area (Å²) in [5.74, 6) is -0.387. The number of carbonyl (C=O) groups excluding carboxylic acids is 1. The first-order valence-corrected chi connectivity index (χ1v) is 12.7. The van der Waals surface area contributed by atoms with Gasteiger partial charge in [-0.05, 0) is 41.8 Å². The molecule has 1 fully saturated rings.